The lowest BCUT2D eigenvalue weighted by molar-refractivity contribution is -0.139. The van der Waals surface area contributed by atoms with Gasteiger partial charge in [0.2, 0.25) is 0 Å². The lowest BCUT2D eigenvalue weighted by Gasteiger charge is -2.14. The van der Waals surface area contributed by atoms with Crippen molar-refractivity contribution in [3.63, 3.8) is 0 Å². The van der Waals surface area contributed by atoms with Crippen LogP contribution >= 0.6 is 0 Å². The van der Waals surface area contributed by atoms with E-state index >= 15 is 0 Å². The summed E-state index contributed by atoms with van der Waals surface area (Å²) < 4.78 is 12.9. The van der Waals surface area contributed by atoms with Gasteiger partial charge in [-0.2, -0.15) is 0 Å². The molecule has 0 aromatic heterocycles. The smallest absolute Gasteiger partial charge is 0.374 e. The first-order valence-corrected chi connectivity index (χ1v) is 4.90. The average Bonchev–Trinajstić information content (AvgIpc) is 2.15. The molecule has 0 aliphatic rings. The lowest BCUT2D eigenvalue weighted by atomic mass is 9.86. The molecule has 1 rings (SSSR count). The Kier molecular flexibility index (Phi) is 4.45. The van der Waals surface area contributed by atoms with E-state index in [0.29, 0.717) is 5.56 Å². The summed E-state index contributed by atoms with van der Waals surface area (Å²) in [5.41, 5.74) is 0.570. The summed E-state index contributed by atoms with van der Waals surface area (Å²) in [5, 5.41) is 20.4. The van der Waals surface area contributed by atoms with Gasteiger partial charge in [0.1, 0.15) is 11.9 Å². The highest BCUT2D eigenvalue weighted by Crippen LogP contribution is 2.06. The zero-order chi connectivity index (χ0) is 12.1. The van der Waals surface area contributed by atoms with Crippen molar-refractivity contribution < 1.29 is 19.3 Å². The lowest BCUT2D eigenvalue weighted by Crippen LogP contribution is -2.46. The van der Waals surface area contributed by atoms with E-state index in [1.807, 2.05) is 0 Å². The first kappa shape index (κ1) is 12.7. The summed E-state index contributed by atoms with van der Waals surface area (Å²) in [7, 11) is -0.922. The van der Waals surface area contributed by atoms with Crippen LogP contribution in [0.4, 0.5) is 4.39 Å². The molecule has 86 valence electrons. The highest BCUT2D eigenvalue weighted by molar-refractivity contribution is 6.46. The fourth-order valence-electron chi connectivity index (χ4n) is 1.41. The third-order valence-corrected chi connectivity index (χ3v) is 2.07. The minimum Gasteiger partial charge on any atom is -0.480 e. The number of hydrogen-bond donors (Lipinski definition) is 3. The van der Waals surface area contributed by atoms with Crippen LogP contribution in [0.15, 0.2) is 24.3 Å². The van der Waals surface area contributed by atoms with Gasteiger partial charge in [-0.15, -0.1) is 0 Å². The first-order chi connectivity index (χ1) is 7.49. The Morgan fingerprint density at radius 2 is 2.31 bits per heavy atom. The predicted molar refractivity (Wildman–Crippen MR) is 58.5 cm³/mol. The van der Waals surface area contributed by atoms with Gasteiger partial charge in [0.15, 0.2) is 0 Å². The zero-order valence-corrected chi connectivity index (χ0v) is 8.85. The van der Waals surface area contributed by atoms with Gasteiger partial charge in [0.05, 0.1) is 0 Å². The van der Waals surface area contributed by atoms with Crippen LogP contribution in [-0.4, -0.2) is 29.2 Å². The molecule has 1 unspecified atom stereocenters. The van der Waals surface area contributed by atoms with E-state index in [-0.39, 0.29) is 6.42 Å². The fraction of sp³-hybridized carbons (Fsp3) is 0.300. The molecule has 6 heteroatoms. The minimum absolute atomic E-state index is 0.123. The Morgan fingerprint density at radius 3 is 2.81 bits per heavy atom. The van der Waals surface area contributed by atoms with Crippen LogP contribution < -0.4 is 5.23 Å². The first-order valence-electron chi connectivity index (χ1n) is 4.90. The Hall–Kier alpha value is -1.40. The van der Waals surface area contributed by atoms with Crippen molar-refractivity contribution in [3.8, 4) is 0 Å². The molecule has 1 aromatic rings. The number of carboxylic acids is 1. The van der Waals surface area contributed by atoms with Gasteiger partial charge in [-0.25, -0.2) is 4.39 Å². The number of benzene rings is 1. The number of nitrogens with one attached hydrogen (secondary N) is 1. The van der Waals surface area contributed by atoms with Gasteiger partial charge < -0.3 is 15.4 Å². The van der Waals surface area contributed by atoms with Crippen molar-refractivity contribution in [2.45, 2.75) is 19.3 Å². The predicted octanol–water partition coefficient (Wildman–Crippen LogP) is 0.521. The summed E-state index contributed by atoms with van der Waals surface area (Å²) >= 11 is 0. The largest absolute Gasteiger partial charge is 0.480 e. The Balaban J connectivity index is 2.71. The van der Waals surface area contributed by atoms with Crippen LogP contribution in [0.1, 0.15) is 5.56 Å². The van der Waals surface area contributed by atoms with Crippen LogP contribution in [0.2, 0.25) is 6.82 Å². The molecule has 0 bridgehead atoms. The van der Waals surface area contributed by atoms with Crippen molar-refractivity contribution in [3.05, 3.63) is 35.6 Å². The number of aliphatic carboxylic acids is 1. The Morgan fingerprint density at radius 1 is 1.62 bits per heavy atom. The van der Waals surface area contributed by atoms with Gasteiger partial charge in [-0.3, -0.25) is 4.79 Å². The molecule has 0 saturated heterocycles. The van der Waals surface area contributed by atoms with Gasteiger partial charge in [-0.05, 0) is 30.9 Å². The maximum absolute atomic E-state index is 12.9. The summed E-state index contributed by atoms with van der Waals surface area (Å²) in [6.07, 6.45) is 0.123. The quantitative estimate of drug-likeness (QED) is 0.639. The van der Waals surface area contributed by atoms with E-state index in [2.05, 4.69) is 5.23 Å². The van der Waals surface area contributed by atoms with E-state index < -0.39 is 24.9 Å². The molecule has 16 heavy (non-hydrogen) atoms. The number of hydrogen-bond acceptors (Lipinski definition) is 3. The Labute approximate surface area is 93.2 Å². The summed E-state index contributed by atoms with van der Waals surface area (Å²) in [5.74, 6) is -1.48. The van der Waals surface area contributed by atoms with Crippen LogP contribution in [0.25, 0.3) is 0 Å². The van der Waals surface area contributed by atoms with E-state index in [9.17, 15) is 9.18 Å². The van der Waals surface area contributed by atoms with Gasteiger partial charge >= 0.3 is 13.0 Å². The molecule has 0 heterocycles. The molecule has 0 aliphatic heterocycles. The van der Waals surface area contributed by atoms with E-state index in [1.54, 1.807) is 6.07 Å². The molecule has 1 aromatic carbocycles. The van der Waals surface area contributed by atoms with Crippen molar-refractivity contribution in [2.24, 2.45) is 0 Å². The van der Waals surface area contributed by atoms with Crippen molar-refractivity contribution in [2.75, 3.05) is 0 Å². The molecule has 3 N–H and O–H groups in total. The third kappa shape index (κ3) is 4.00. The monoisotopic (exact) mass is 225 g/mol. The van der Waals surface area contributed by atoms with Crippen LogP contribution in [0.3, 0.4) is 0 Å². The molecule has 0 fully saturated rings. The van der Waals surface area contributed by atoms with E-state index in [4.69, 9.17) is 10.1 Å². The second kappa shape index (κ2) is 5.62. The van der Waals surface area contributed by atoms with Crippen LogP contribution in [0, 0.1) is 5.82 Å². The van der Waals surface area contributed by atoms with Crippen molar-refractivity contribution in [1.29, 1.82) is 0 Å². The average molecular weight is 225 g/mol. The summed E-state index contributed by atoms with van der Waals surface area (Å²) in [6, 6.07) is 4.80. The normalized spacial score (nSPS) is 12.2. The summed E-state index contributed by atoms with van der Waals surface area (Å²) in [6.45, 7) is 1.43. The maximum atomic E-state index is 12.9. The van der Waals surface area contributed by atoms with Crippen LogP contribution in [-0.2, 0) is 11.2 Å². The standard InChI is InChI=1S/C10H13BFNO3/c1-11(16)13-9(10(14)15)6-7-3-2-4-8(12)5-7/h2-5,9,13,16H,6H2,1H3,(H,14,15). The molecule has 0 amide bonds. The molecular formula is C10H13BFNO3. The second-order valence-corrected chi connectivity index (χ2v) is 3.57. The number of halogens is 1. The van der Waals surface area contributed by atoms with Gasteiger partial charge in [0, 0.05) is 0 Å². The number of carbonyl (C=O) groups is 1. The van der Waals surface area contributed by atoms with E-state index in [0.717, 1.165) is 0 Å². The molecule has 0 spiro atoms. The Bertz CT molecular complexity index is 373. The molecular weight excluding hydrogens is 212 g/mol. The zero-order valence-electron chi connectivity index (χ0n) is 8.85. The molecule has 0 saturated carbocycles. The molecule has 0 radical (unpaired) electrons. The minimum atomic E-state index is -1.08. The van der Waals surface area contributed by atoms with E-state index in [1.165, 1.54) is 25.0 Å². The summed E-state index contributed by atoms with van der Waals surface area (Å²) in [4.78, 5) is 10.9. The van der Waals surface area contributed by atoms with Gasteiger partial charge in [0.25, 0.3) is 0 Å². The fourth-order valence-corrected chi connectivity index (χ4v) is 1.41. The SMILES string of the molecule is CB(O)NC(Cc1cccc(F)c1)C(=O)O. The number of rotatable bonds is 5. The van der Waals surface area contributed by atoms with Crippen molar-refractivity contribution >= 4 is 13.0 Å². The number of carboxylic acid groups (broad SMARTS) is 1. The second-order valence-electron chi connectivity index (χ2n) is 3.57. The van der Waals surface area contributed by atoms with Gasteiger partial charge in [-0.1, -0.05) is 12.1 Å². The maximum Gasteiger partial charge on any atom is 0.374 e. The highest BCUT2D eigenvalue weighted by Gasteiger charge is 2.20. The third-order valence-electron chi connectivity index (χ3n) is 2.07. The van der Waals surface area contributed by atoms with Crippen LogP contribution in [0.5, 0.6) is 0 Å². The van der Waals surface area contributed by atoms with Crippen molar-refractivity contribution in [1.82, 2.24) is 5.23 Å². The molecule has 0 aliphatic carbocycles. The molecule has 1 atom stereocenters. The highest BCUT2D eigenvalue weighted by atomic mass is 19.1. The molecule has 4 nitrogen and oxygen atoms in total. The topological polar surface area (TPSA) is 69.6 Å².